The van der Waals surface area contributed by atoms with Gasteiger partial charge in [-0.1, -0.05) is 24.3 Å². The molecule has 0 radical (unpaired) electrons. The molecule has 5 nitrogen and oxygen atoms in total. The molecular formula is C20H19F3N4O. The maximum Gasteiger partial charge on any atom is 0.417 e. The zero-order valence-electron chi connectivity index (χ0n) is 14.9. The van der Waals surface area contributed by atoms with Crippen LogP contribution in [0, 0.1) is 0 Å². The zero-order chi connectivity index (χ0) is 19.7. The van der Waals surface area contributed by atoms with Crippen LogP contribution in [-0.4, -0.2) is 34.4 Å². The Morgan fingerprint density at radius 3 is 2.57 bits per heavy atom. The summed E-state index contributed by atoms with van der Waals surface area (Å²) in [4.78, 5) is 0. The molecule has 1 saturated heterocycles. The van der Waals surface area contributed by atoms with Crippen LogP contribution in [0.4, 0.5) is 19.0 Å². The van der Waals surface area contributed by atoms with Crippen molar-refractivity contribution in [2.45, 2.75) is 25.1 Å². The molecule has 0 saturated carbocycles. The largest absolute Gasteiger partial charge is 0.508 e. The lowest BCUT2D eigenvalue weighted by Gasteiger charge is -2.25. The van der Waals surface area contributed by atoms with Gasteiger partial charge in [-0.05, 0) is 37.6 Å². The number of phenolic OH excluding ortho intramolecular Hbond substituents is 1. The summed E-state index contributed by atoms with van der Waals surface area (Å²) in [5.74, 6) is 0.108. The monoisotopic (exact) mass is 388 g/mol. The Bertz CT molecular complexity index is 1000. The van der Waals surface area contributed by atoms with Crippen LogP contribution in [0.2, 0.25) is 0 Å². The summed E-state index contributed by atoms with van der Waals surface area (Å²) in [7, 11) is 0. The second-order valence-corrected chi connectivity index (χ2v) is 6.86. The number of halogens is 3. The van der Waals surface area contributed by atoms with Crippen molar-refractivity contribution >= 4 is 16.6 Å². The molecule has 4 rings (SSSR count). The van der Waals surface area contributed by atoms with E-state index in [1.807, 2.05) is 12.1 Å². The van der Waals surface area contributed by atoms with Crippen LogP contribution < -0.4 is 10.6 Å². The molecule has 28 heavy (non-hydrogen) atoms. The highest BCUT2D eigenvalue weighted by Gasteiger charge is 2.35. The molecule has 146 valence electrons. The number of hydrogen-bond donors (Lipinski definition) is 3. The molecule has 1 aromatic heterocycles. The summed E-state index contributed by atoms with van der Waals surface area (Å²) >= 11 is 0. The minimum atomic E-state index is -4.62. The summed E-state index contributed by atoms with van der Waals surface area (Å²) < 4.78 is 40.6. The van der Waals surface area contributed by atoms with Crippen LogP contribution in [0.1, 0.15) is 18.4 Å². The predicted octanol–water partition coefficient (Wildman–Crippen LogP) is 4.19. The van der Waals surface area contributed by atoms with E-state index < -0.39 is 17.5 Å². The molecule has 2 heterocycles. The van der Waals surface area contributed by atoms with Crippen molar-refractivity contribution in [2.24, 2.45) is 0 Å². The Morgan fingerprint density at radius 1 is 1.07 bits per heavy atom. The standard InChI is InChI=1S/C20H19F3N4O/c21-20(22,23)17-10-13(28)7-8-16(17)18-14-5-1-2-6-15(14)19(27-26-18)25-12-4-3-9-24-11-12/h1-2,5-8,10,12,24,28H,3-4,9,11H2,(H,25,27)/t12-/m1/s1. The molecule has 0 bridgehead atoms. The Balaban J connectivity index is 1.83. The van der Waals surface area contributed by atoms with Gasteiger partial charge in [0.05, 0.1) is 5.56 Å². The zero-order valence-corrected chi connectivity index (χ0v) is 14.9. The van der Waals surface area contributed by atoms with E-state index in [1.54, 1.807) is 12.1 Å². The van der Waals surface area contributed by atoms with E-state index in [9.17, 15) is 18.3 Å². The van der Waals surface area contributed by atoms with Crippen LogP contribution >= 0.6 is 0 Å². The molecule has 1 atom stereocenters. The summed E-state index contributed by atoms with van der Waals surface area (Å²) in [5.41, 5.74) is -0.917. The third-order valence-electron chi connectivity index (χ3n) is 4.89. The second kappa shape index (κ2) is 7.27. The number of phenols is 1. The van der Waals surface area contributed by atoms with E-state index in [0.717, 1.165) is 25.9 Å². The highest BCUT2D eigenvalue weighted by atomic mass is 19.4. The Labute approximate surface area is 159 Å². The van der Waals surface area contributed by atoms with Crippen LogP contribution in [0.5, 0.6) is 5.75 Å². The third-order valence-corrected chi connectivity index (χ3v) is 4.89. The number of benzene rings is 2. The van der Waals surface area contributed by atoms with Crippen molar-refractivity contribution in [1.29, 1.82) is 0 Å². The fourth-order valence-electron chi connectivity index (χ4n) is 3.55. The molecule has 0 spiro atoms. The molecule has 0 unspecified atom stereocenters. The molecule has 0 aliphatic carbocycles. The number of fused-ring (bicyclic) bond motifs is 1. The summed E-state index contributed by atoms with van der Waals surface area (Å²) in [6.07, 6.45) is -2.59. The lowest BCUT2D eigenvalue weighted by Crippen LogP contribution is -2.38. The predicted molar refractivity (Wildman–Crippen MR) is 101 cm³/mol. The fraction of sp³-hybridized carbons (Fsp3) is 0.300. The topological polar surface area (TPSA) is 70.1 Å². The number of alkyl halides is 3. The van der Waals surface area contributed by atoms with E-state index >= 15 is 0 Å². The summed E-state index contributed by atoms with van der Waals surface area (Å²) in [5, 5.41) is 25.8. The van der Waals surface area contributed by atoms with Gasteiger partial charge >= 0.3 is 6.18 Å². The first-order valence-electron chi connectivity index (χ1n) is 9.07. The molecular weight excluding hydrogens is 369 g/mol. The molecule has 3 N–H and O–H groups in total. The lowest BCUT2D eigenvalue weighted by molar-refractivity contribution is -0.137. The maximum absolute atomic E-state index is 13.5. The molecule has 1 aliphatic rings. The van der Waals surface area contributed by atoms with Crippen LogP contribution in [-0.2, 0) is 6.18 Å². The SMILES string of the molecule is Oc1ccc(-c2nnc(N[C@@H]3CCCNC3)c3ccccc23)c(C(F)(F)F)c1. The van der Waals surface area contributed by atoms with Gasteiger partial charge in [-0.15, -0.1) is 10.2 Å². The van der Waals surface area contributed by atoms with Crippen LogP contribution in [0.15, 0.2) is 42.5 Å². The van der Waals surface area contributed by atoms with Gasteiger partial charge < -0.3 is 15.7 Å². The van der Waals surface area contributed by atoms with Gasteiger partial charge in [-0.3, -0.25) is 0 Å². The number of rotatable bonds is 3. The van der Waals surface area contributed by atoms with Gasteiger partial charge in [0.15, 0.2) is 5.82 Å². The van der Waals surface area contributed by atoms with Gasteiger partial charge in [0, 0.05) is 28.9 Å². The smallest absolute Gasteiger partial charge is 0.417 e. The van der Waals surface area contributed by atoms with Crippen LogP contribution in [0.25, 0.3) is 22.0 Å². The Hall–Kier alpha value is -2.87. The molecule has 8 heteroatoms. The summed E-state index contributed by atoms with van der Waals surface area (Å²) in [6, 6.07) is 10.5. The van der Waals surface area contributed by atoms with E-state index in [-0.39, 0.29) is 17.3 Å². The van der Waals surface area contributed by atoms with E-state index in [2.05, 4.69) is 20.8 Å². The number of anilines is 1. The number of nitrogens with one attached hydrogen (secondary N) is 2. The Kier molecular flexibility index (Phi) is 4.80. The van der Waals surface area contributed by atoms with Crippen molar-refractivity contribution < 1.29 is 18.3 Å². The molecule has 0 amide bonds. The molecule has 3 aromatic rings. The molecule has 2 aromatic carbocycles. The molecule has 1 fully saturated rings. The number of hydrogen-bond acceptors (Lipinski definition) is 5. The van der Waals surface area contributed by atoms with Gasteiger partial charge in [0.25, 0.3) is 0 Å². The van der Waals surface area contributed by atoms with Crippen molar-refractivity contribution in [2.75, 3.05) is 18.4 Å². The number of aromatic nitrogens is 2. The van der Waals surface area contributed by atoms with Crippen molar-refractivity contribution in [3.8, 4) is 17.0 Å². The number of piperidine rings is 1. The first-order chi connectivity index (χ1) is 13.4. The third kappa shape index (κ3) is 3.60. The first kappa shape index (κ1) is 18.5. The highest BCUT2D eigenvalue weighted by molar-refractivity contribution is 6.00. The molecule has 1 aliphatic heterocycles. The van der Waals surface area contributed by atoms with E-state index in [4.69, 9.17) is 0 Å². The van der Waals surface area contributed by atoms with Gasteiger partial charge in [0.1, 0.15) is 11.4 Å². The van der Waals surface area contributed by atoms with Gasteiger partial charge in [-0.25, -0.2) is 0 Å². The van der Waals surface area contributed by atoms with Crippen molar-refractivity contribution in [1.82, 2.24) is 15.5 Å². The number of nitrogens with zero attached hydrogens (tertiary/aromatic N) is 2. The first-order valence-corrected chi connectivity index (χ1v) is 9.07. The normalized spacial score (nSPS) is 17.6. The average molecular weight is 388 g/mol. The minimum Gasteiger partial charge on any atom is -0.508 e. The average Bonchev–Trinajstić information content (AvgIpc) is 2.69. The van der Waals surface area contributed by atoms with Crippen molar-refractivity contribution in [3.63, 3.8) is 0 Å². The number of aromatic hydroxyl groups is 1. The highest BCUT2D eigenvalue weighted by Crippen LogP contribution is 2.40. The quantitative estimate of drug-likeness (QED) is 0.628. The minimum absolute atomic E-state index is 0.111. The lowest BCUT2D eigenvalue weighted by atomic mass is 9.99. The Morgan fingerprint density at radius 2 is 1.86 bits per heavy atom. The van der Waals surface area contributed by atoms with Crippen LogP contribution in [0.3, 0.4) is 0 Å². The van der Waals surface area contributed by atoms with Gasteiger partial charge in [0.2, 0.25) is 0 Å². The summed E-state index contributed by atoms with van der Waals surface area (Å²) in [6.45, 7) is 1.78. The second-order valence-electron chi connectivity index (χ2n) is 6.86. The van der Waals surface area contributed by atoms with E-state index in [0.29, 0.717) is 22.7 Å². The maximum atomic E-state index is 13.5. The van der Waals surface area contributed by atoms with Gasteiger partial charge in [-0.2, -0.15) is 13.2 Å². The van der Waals surface area contributed by atoms with E-state index in [1.165, 1.54) is 12.1 Å². The van der Waals surface area contributed by atoms with Crippen molar-refractivity contribution in [3.05, 3.63) is 48.0 Å². The fourth-order valence-corrected chi connectivity index (χ4v) is 3.55.